The quantitative estimate of drug-likeness (QED) is 0.580. The summed E-state index contributed by atoms with van der Waals surface area (Å²) in [5, 5.41) is 9.79. The Morgan fingerprint density at radius 1 is 1.37 bits per heavy atom. The number of nitrogens with zero attached hydrogens (tertiary/aromatic N) is 2. The number of benzene rings is 1. The number of aliphatic hydroxyl groups excluding tert-OH is 1. The predicted octanol–water partition coefficient (Wildman–Crippen LogP) is 3.30. The van der Waals surface area contributed by atoms with Crippen LogP contribution >= 0.6 is 35.6 Å². The number of hydrogen-bond donors (Lipinski definition) is 1. The molecule has 0 radical (unpaired) electrons. The number of piperidine rings is 1. The standard InChI is InChI=1S/C19H21ClN2O3S2/c20-15-7-2-1-5-13(15)11-16-18(25)22(19(26)27-16)12-17(24)21-9-4-3-6-14(21)8-10-23/h1-2,5,7,11,14,23H,3-4,6,8-10,12H2/b16-11+/t14-/m0/s1. The zero-order chi connectivity index (χ0) is 19.4. The van der Waals surface area contributed by atoms with Crippen LogP contribution in [0.4, 0.5) is 0 Å². The van der Waals surface area contributed by atoms with E-state index in [2.05, 4.69) is 0 Å². The smallest absolute Gasteiger partial charge is 0.266 e. The Kier molecular flexibility index (Phi) is 6.92. The number of hydrogen-bond acceptors (Lipinski definition) is 5. The summed E-state index contributed by atoms with van der Waals surface area (Å²) >= 11 is 12.7. The Morgan fingerprint density at radius 2 is 2.15 bits per heavy atom. The molecule has 2 fully saturated rings. The summed E-state index contributed by atoms with van der Waals surface area (Å²) in [6.45, 7) is 0.649. The molecular weight excluding hydrogens is 404 g/mol. The lowest BCUT2D eigenvalue weighted by atomic mass is 9.99. The van der Waals surface area contributed by atoms with Crippen molar-refractivity contribution in [1.82, 2.24) is 9.80 Å². The Balaban J connectivity index is 1.72. The van der Waals surface area contributed by atoms with E-state index >= 15 is 0 Å². The molecule has 2 aliphatic heterocycles. The van der Waals surface area contributed by atoms with Crippen molar-refractivity contribution < 1.29 is 14.7 Å². The molecule has 1 aromatic carbocycles. The number of carbonyl (C=O) groups is 2. The molecular formula is C19H21ClN2O3S2. The highest BCUT2D eigenvalue weighted by atomic mass is 35.5. The monoisotopic (exact) mass is 424 g/mol. The topological polar surface area (TPSA) is 60.9 Å². The molecule has 0 spiro atoms. The van der Waals surface area contributed by atoms with Crippen molar-refractivity contribution in [2.45, 2.75) is 31.7 Å². The molecule has 3 rings (SSSR count). The third-order valence-electron chi connectivity index (χ3n) is 4.77. The summed E-state index contributed by atoms with van der Waals surface area (Å²) in [6, 6.07) is 7.29. The molecule has 144 valence electrons. The molecule has 0 aromatic heterocycles. The maximum atomic E-state index is 12.8. The van der Waals surface area contributed by atoms with Crippen LogP contribution in [-0.4, -0.2) is 56.8 Å². The summed E-state index contributed by atoms with van der Waals surface area (Å²) in [5.74, 6) is -0.391. The first-order chi connectivity index (χ1) is 13.0. The van der Waals surface area contributed by atoms with E-state index in [0.29, 0.717) is 27.2 Å². The molecule has 2 aliphatic rings. The molecule has 0 saturated carbocycles. The zero-order valence-corrected chi connectivity index (χ0v) is 17.2. The van der Waals surface area contributed by atoms with E-state index in [4.69, 9.17) is 23.8 Å². The first-order valence-electron chi connectivity index (χ1n) is 8.91. The van der Waals surface area contributed by atoms with Crippen molar-refractivity contribution in [3.05, 3.63) is 39.8 Å². The van der Waals surface area contributed by atoms with Crippen LogP contribution in [-0.2, 0) is 9.59 Å². The first kappa shape index (κ1) is 20.3. The molecule has 1 atom stereocenters. The summed E-state index contributed by atoms with van der Waals surface area (Å²) in [4.78, 5) is 29.2. The van der Waals surface area contributed by atoms with Crippen LogP contribution in [0.2, 0.25) is 5.02 Å². The molecule has 2 amide bonds. The second kappa shape index (κ2) is 9.19. The third-order valence-corrected chi connectivity index (χ3v) is 6.49. The molecule has 0 bridgehead atoms. The van der Waals surface area contributed by atoms with Gasteiger partial charge in [0.25, 0.3) is 5.91 Å². The Bertz CT molecular complexity index is 782. The minimum absolute atomic E-state index is 0.0355. The van der Waals surface area contributed by atoms with Crippen LogP contribution in [0.1, 0.15) is 31.2 Å². The van der Waals surface area contributed by atoms with E-state index in [9.17, 15) is 14.7 Å². The van der Waals surface area contributed by atoms with E-state index in [1.165, 1.54) is 16.7 Å². The molecule has 8 heteroatoms. The van der Waals surface area contributed by atoms with E-state index in [-0.39, 0.29) is 31.0 Å². The van der Waals surface area contributed by atoms with Crippen LogP contribution in [0.15, 0.2) is 29.2 Å². The summed E-state index contributed by atoms with van der Waals surface area (Å²) in [5.41, 5.74) is 0.741. The first-order valence-corrected chi connectivity index (χ1v) is 10.5. The number of rotatable bonds is 5. The van der Waals surface area contributed by atoms with Gasteiger partial charge in [0.1, 0.15) is 10.9 Å². The highest BCUT2D eigenvalue weighted by Gasteiger charge is 2.36. The maximum Gasteiger partial charge on any atom is 0.266 e. The average Bonchev–Trinajstić information content (AvgIpc) is 2.92. The molecule has 1 aromatic rings. The lowest BCUT2D eigenvalue weighted by Gasteiger charge is -2.36. The van der Waals surface area contributed by atoms with Gasteiger partial charge in [-0.25, -0.2) is 0 Å². The highest BCUT2D eigenvalue weighted by molar-refractivity contribution is 8.26. The minimum Gasteiger partial charge on any atom is -0.396 e. The second-order valence-corrected chi connectivity index (χ2v) is 8.62. The lowest BCUT2D eigenvalue weighted by Crippen LogP contribution is -2.49. The lowest BCUT2D eigenvalue weighted by molar-refractivity contribution is -0.138. The van der Waals surface area contributed by atoms with Gasteiger partial charge in [-0.05, 0) is 43.4 Å². The van der Waals surface area contributed by atoms with Gasteiger partial charge in [0.2, 0.25) is 5.91 Å². The van der Waals surface area contributed by atoms with E-state index < -0.39 is 0 Å². The summed E-state index contributed by atoms with van der Waals surface area (Å²) < 4.78 is 0.377. The number of halogens is 1. The second-order valence-electron chi connectivity index (χ2n) is 6.54. The fourth-order valence-electron chi connectivity index (χ4n) is 3.37. The van der Waals surface area contributed by atoms with Crippen LogP contribution in [0.5, 0.6) is 0 Å². The largest absolute Gasteiger partial charge is 0.396 e. The van der Waals surface area contributed by atoms with Gasteiger partial charge in [-0.1, -0.05) is 53.8 Å². The van der Waals surface area contributed by atoms with Gasteiger partial charge in [-0.15, -0.1) is 0 Å². The van der Waals surface area contributed by atoms with Gasteiger partial charge in [-0.2, -0.15) is 0 Å². The van der Waals surface area contributed by atoms with Crippen molar-refractivity contribution in [1.29, 1.82) is 0 Å². The van der Waals surface area contributed by atoms with Gasteiger partial charge in [-0.3, -0.25) is 14.5 Å². The average molecular weight is 425 g/mol. The highest BCUT2D eigenvalue weighted by Crippen LogP contribution is 2.34. The van der Waals surface area contributed by atoms with Gasteiger partial charge >= 0.3 is 0 Å². The van der Waals surface area contributed by atoms with Crippen LogP contribution in [0.3, 0.4) is 0 Å². The molecule has 0 aliphatic carbocycles. The number of likely N-dealkylation sites (tertiary alicyclic amines) is 1. The molecule has 27 heavy (non-hydrogen) atoms. The van der Waals surface area contributed by atoms with Gasteiger partial charge < -0.3 is 10.0 Å². The summed E-state index contributed by atoms with van der Waals surface area (Å²) in [7, 11) is 0. The fourth-order valence-corrected chi connectivity index (χ4v) is 4.81. The SMILES string of the molecule is O=C1/C(=C\c2ccccc2Cl)SC(=S)N1CC(=O)N1CCCC[C@H]1CCO. The van der Waals surface area contributed by atoms with Gasteiger partial charge in [0, 0.05) is 24.2 Å². The number of amides is 2. The van der Waals surface area contributed by atoms with Gasteiger partial charge in [0.05, 0.1) is 4.91 Å². The van der Waals surface area contributed by atoms with E-state index in [1.54, 1.807) is 17.0 Å². The number of thioether (sulfide) groups is 1. The Hall–Kier alpha value is -1.41. The normalized spacial score (nSPS) is 22.0. The Labute approximate surface area is 173 Å². The molecule has 2 saturated heterocycles. The van der Waals surface area contributed by atoms with Crippen LogP contribution in [0.25, 0.3) is 6.08 Å². The van der Waals surface area contributed by atoms with Crippen LogP contribution in [0, 0.1) is 0 Å². The molecule has 0 unspecified atom stereocenters. The van der Waals surface area contributed by atoms with Crippen molar-refractivity contribution in [2.75, 3.05) is 19.7 Å². The van der Waals surface area contributed by atoms with Crippen molar-refractivity contribution >= 4 is 57.8 Å². The Morgan fingerprint density at radius 3 is 2.89 bits per heavy atom. The van der Waals surface area contributed by atoms with Crippen molar-refractivity contribution in [3.63, 3.8) is 0 Å². The van der Waals surface area contributed by atoms with Crippen molar-refractivity contribution in [3.8, 4) is 0 Å². The number of carbonyl (C=O) groups excluding carboxylic acids is 2. The van der Waals surface area contributed by atoms with Crippen molar-refractivity contribution in [2.24, 2.45) is 0 Å². The zero-order valence-electron chi connectivity index (χ0n) is 14.8. The molecule has 1 N–H and O–H groups in total. The maximum absolute atomic E-state index is 12.8. The number of aliphatic hydroxyl groups is 1. The molecule has 2 heterocycles. The number of thiocarbonyl (C=S) groups is 1. The van der Waals surface area contributed by atoms with Crippen LogP contribution < -0.4 is 0 Å². The van der Waals surface area contributed by atoms with E-state index in [0.717, 1.165) is 24.8 Å². The fraction of sp³-hybridized carbons (Fsp3) is 0.421. The minimum atomic E-state index is -0.269. The van der Waals surface area contributed by atoms with E-state index in [1.807, 2.05) is 18.2 Å². The van der Waals surface area contributed by atoms with Gasteiger partial charge in [0.15, 0.2) is 0 Å². The summed E-state index contributed by atoms with van der Waals surface area (Å²) in [6.07, 6.45) is 5.16. The molecule has 5 nitrogen and oxygen atoms in total. The third kappa shape index (κ3) is 4.71. The predicted molar refractivity (Wildman–Crippen MR) is 112 cm³/mol.